The Balaban J connectivity index is 1.11. The summed E-state index contributed by atoms with van der Waals surface area (Å²) < 4.78 is 0. The third-order valence-electron chi connectivity index (χ3n) is 8.45. The smallest absolute Gasteiger partial charge is 0.253 e. The van der Waals surface area contributed by atoms with Crippen molar-refractivity contribution in [3.05, 3.63) is 121 Å². The van der Waals surface area contributed by atoms with Gasteiger partial charge in [-0.05, 0) is 125 Å². The second kappa shape index (κ2) is 16.5. The zero-order chi connectivity index (χ0) is 35.6. The van der Waals surface area contributed by atoms with E-state index in [-0.39, 0.29) is 11.8 Å². The first-order valence-electron chi connectivity index (χ1n) is 16.8. The number of anilines is 4. The number of hydrogen-bond acceptors (Lipinski definition) is 8. The van der Waals surface area contributed by atoms with E-state index >= 15 is 0 Å². The van der Waals surface area contributed by atoms with Gasteiger partial charge in [-0.3, -0.25) is 9.59 Å². The summed E-state index contributed by atoms with van der Waals surface area (Å²) in [5.74, 6) is -0.174. The molecule has 0 saturated carbocycles. The fraction of sp³-hybridized carbons (Fsp3) is 0.250. The van der Waals surface area contributed by atoms with Gasteiger partial charge in [0.15, 0.2) is 0 Å². The van der Waals surface area contributed by atoms with E-state index < -0.39 is 0 Å². The fourth-order valence-corrected chi connectivity index (χ4v) is 5.66. The number of likely N-dealkylation sites (N-methyl/N-ethyl adjacent to an activating group) is 2. The topological polar surface area (TPSA) is 96.5 Å². The Morgan fingerprint density at radius 1 is 0.520 bits per heavy atom. The van der Waals surface area contributed by atoms with Crippen molar-refractivity contribution < 1.29 is 9.59 Å². The molecule has 0 N–H and O–H groups in total. The van der Waals surface area contributed by atoms with E-state index in [1.54, 1.807) is 23.6 Å². The van der Waals surface area contributed by atoms with Crippen molar-refractivity contribution in [2.45, 2.75) is 27.7 Å². The molecule has 10 nitrogen and oxygen atoms in total. The SMILES string of the molecule is C=C(C)C(=O)N(CC)c1ccc(/N=N/c2ccc(N3CCN(c4ccc(/N=N/c5ccc(N(CC)C(=O)C(=C)C)cc5)cc4)CC3)cc2)cc1. The molecule has 1 fully saturated rings. The summed E-state index contributed by atoms with van der Waals surface area (Å²) in [4.78, 5) is 32.9. The highest BCUT2D eigenvalue weighted by Gasteiger charge is 2.18. The van der Waals surface area contributed by atoms with E-state index in [1.165, 1.54) is 0 Å². The zero-order valence-electron chi connectivity index (χ0n) is 29.3. The Morgan fingerprint density at radius 2 is 0.780 bits per heavy atom. The van der Waals surface area contributed by atoms with Crippen LogP contribution >= 0.6 is 0 Å². The third-order valence-corrected chi connectivity index (χ3v) is 8.45. The lowest BCUT2D eigenvalue weighted by molar-refractivity contribution is -0.115. The van der Waals surface area contributed by atoms with Gasteiger partial charge in [-0.25, -0.2) is 0 Å². The van der Waals surface area contributed by atoms with Crippen LogP contribution in [0.15, 0.2) is 142 Å². The maximum Gasteiger partial charge on any atom is 0.253 e. The van der Waals surface area contributed by atoms with Crippen LogP contribution in [0.3, 0.4) is 0 Å². The maximum absolute atomic E-state index is 12.4. The number of rotatable bonds is 12. The molecule has 0 spiro atoms. The van der Waals surface area contributed by atoms with Gasteiger partial charge < -0.3 is 19.6 Å². The first kappa shape index (κ1) is 35.4. The highest BCUT2D eigenvalue weighted by atomic mass is 16.2. The van der Waals surface area contributed by atoms with E-state index in [0.717, 1.165) is 60.3 Å². The molecule has 256 valence electrons. The number of piperazine rings is 1. The maximum atomic E-state index is 12.4. The van der Waals surface area contributed by atoms with Crippen molar-refractivity contribution in [2.75, 3.05) is 58.9 Å². The van der Waals surface area contributed by atoms with Crippen molar-refractivity contribution >= 4 is 57.3 Å². The Hall–Kier alpha value is -5.90. The quantitative estimate of drug-likeness (QED) is 0.111. The van der Waals surface area contributed by atoms with Crippen molar-refractivity contribution in [1.29, 1.82) is 0 Å². The summed E-state index contributed by atoms with van der Waals surface area (Å²) in [6.07, 6.45) is 0. The molecular weight excluding hydrogens is 624 g/mol. The number of nitrogens with zero attached hydrogens (tertiary/aromatic N) is 8. The fourth-order valence-electron chi connectivity index (χ4n) is 5.66. The van der Waals surface area contributed by atoms with Crippen LogP contribution in [-0.2, 0) is 9.59 Å². The summed E-state index contributed by atoms with van der Waals surface area (Å²) in [5.41, 5.74) is 7.91. The van der Waals surface area contributed by atoms with Gasteiger partial charge in [-0.1, -0.05) is 13.2 Å². The van der Waals surface area contributed by atoms with Crippen molar-refractivity contribution in [2.24, 2.45) is 20.5 Å². The van der Waals surface area contributed by atoms with Gasteiger partial charge in [0.2, 0.25) is 0 Å². The molecule has 1 heterocycles. The molecule has 0 unspecified atom stereocenters. The molecule has 1 aliphatic heterocycles. The summed E-state index contributed by atoms with van der Waals surface area (Å²) >= 11 is 0. The lowest BCUT2D eigenvalue weighted by Crippen LogP contribution is -2.46. The minimum absolute atomic E-state index is 0.0869. The molecule has 0 aliphatic carbocycles. The van der Waals surface area contributed by atoms with Crippen LogP contribution in [0.1, 0.15) is 27.7 Å². The highest BCUT2D eigenvalue weighted by molar-refractivity contribution is 6.05. The Kier molecular flexibility index (Phi) is 11.7. The van der Waals surface area contributed by atoms with Gasteiger partial charge in [-0.2, -0.15) is 20.5 Å². The van der Waals surface area contributed by atoms with Crippen LogP contribution in [0, 0.1) is 0 Å². The number of hydrogen-bond donors (Lipinski definition) is 0. The van der Waals surface area contributed by atoms with E-state index in [0.29, 0.717) is 35.6 Å². The van der Waals surface area contributed by atoms with Crippen LogP contribution in [0.25, 0.3) is 0 Å². The summed E-state index contributed by atoms with van der Waals surface area (Å²) in [6, 6.07) is 31.2. The molecule has 1 saturated heterocycles. The molecule has 1 aliphatic rings. The minimum Gasteiger partial charge on any atom is -0.368 e. The molecule has 50 heavy (non-hydrogen) atoms. The van der Waals surface area contributed by atoms with Gasteiger partial charge in [0.1, 0.15) is 0 Å². The monoisotopic (exact) mass is 668 g/mol. The second-order valence-electron chi connectivity index (χ2n) is 12.1. The van der Waals surface area contributed by atoms with Crippen molar-refractivity contribution in [3.8, 4) is 0 Å². The molecule has 0 bridgehead atoms. The van der Waals surface area contributed by atoms with E-state index in [1.807, 2.05) is 86.6 Å². The molecule has 5 rings (SSSR count). The Labute approximate surface area is 294 Å². The predicted octanol–water partition coefficient (Wildman–Crippen LogP) is 9.70. The number of amides is 2. The molecule has 0 atom stereocenters. The van der Waals surface area contributed by atoms with Gasteiger partial charge in [-0.15, -0.1) is 0 Å². The van der Waals surface area contributed by atoms with E-state index in [2.05, 4.69) is 67.7 Å². The zero-order valence-corrected chi connectivity index (χ0v) is 29.3. The van der Waals surface area contributed by atoms with Gasteiger partial charge in [0, 0.05) is 73.2 Å². The second-order valence-corrected chi connectivity index (χ2v) is 12.1. The van der Waals surface area contributed by atoms with E-state index in [4.69, 9.17) is 0 Å². The van der Waals surface area contributed by atoms with E-state index in [9.17, 15) is 9.59 Å². The lowest BCUT2D eigenvalue weighted by Gasteiger charge is -2.37. The van der Waals surface area contributed by atoms with Crippen molar-refractivity contribution in [3.63, 3.8) is 0 Å². The standard InChI is InChI=1S/C40H44N8O2/c1-7-47(39(49)29(3)4)37-21-13-33(14-22-37)43-41-31-9-17-35(18-10-31)45-25-27-46(28-26-45)36-19-11-32(12-20-36)42-44-34-15-23-38(24-16-34)48(8-2)40(50)30(5)6/h9-24H,3,5,7-8,25-28H2,1-2,4,6H3/b43-41+,44-42+. The molecule has 4 aromatic rings. The lowest BCUT2D eigenvalue weighted by atomic mass is 10.2. The summed E-state index contributed by atoms with van der Waals surface area (Å²) in [6.45, 7) is 19.6. The first-order chi connectivity index (χ1) is 24.2. The normalized spacial score (nSPS) is 13.1. The van der Waals surface area contributed by atoms with Crippen LogP contribution in [0.5, 0.6) is 0 Å². The average Bonchev–Trinajstić information content (AvgIpc) is 3.15. The Bertz CT molecular complexity index is 1720. The van der Waals surface area contributed by atoms with Gasteiger partial charge in [0.05, 0.1) is 22.7 Å². The summed E-state index contributed by atoms with van der Waals surface area (Å²) in [5, 5.41) is 17.6. The van der Waals surface area contributed by atoms with Crippen LogP contribution in [0.4, 0.5) is 45.5 Å². The summed E-state index contributed by atoms with van der Waals surface area (Å²) in [7, 11) is 0. The molecule has 0 aromatic heterocycles. The third kappa shape index (κ3) is 8.76. The average molecular weight is 669 g/mol. The molecular formula is C40H44N8O2. The molecule has 0 radical (unpaired) electrons. The largest absolute Gasteiger partial charge is 0.368 e. The number of benzene rings is 4. The van der Waals surface area contributed by atoms with Gasteiger partial charge in [0.25, 0.3) is 11.8 Å². The van der Waals surface area contributed by atoms with Crippen LogP contribution in [-0.4, -0.2) is 51.1 Å². The molecule has 10 heteroatoms. The predicted molar refractivity (Wildman–Crippen MR) is 204 cm³/mol. The molecule has 4 aromatic carbocycles. The van der Waals surface area contributed by atoms with Crippen LogP contribution in [0.2, 0.25) is 0 Å². The number of azo groups is 2. The number of carbonyl (C=O) groups excluding carboxylic acids is 2. The number of carbonyl (C=O) groups is 2. The minimum atomic E-state index is -0.0869. The highest BCUT2D eigenvalue weighted by Crippen LogP contribution is 2.28. The first-order valence-corrected chi connectivity index (χ1v) is 16.8. The van der Waals surface area contributed by atoms with Crippen molar-refractivity contribution in [1.82, 2.24) is 0 Å². The molecule has 2 amide bonds. The Morgan fingerprint density at radius 3 is 1.02 bits per heavy atom. The van der Waals surface area contributed by atoms with Crippen LogP contribution < -0.4 is 19.6 Å². The van der Waals surface area contributed by atoms with Gasteiger partial charge >= 0.3 is 0 Å².